The zero-order chi connectivity index (χ0) is 62.5. The van der Waals surface area contributed by atoms with E-state index in [9.17, 15) is 47.9 Å². The van der Waals surface area contributed by atoms with E-state index in [-0.39, 0.29) is 56.4 Å². The molecule has 3 heterocycles. The van der Waals surface area contributed by atoms with Gasteiger partial charge < -0.3 is 87.6 Å². The summed E-state index contributed by atoms with van der Waals surface area (Å²) < 4.78 is 81.0. The second kappa shape index (κ2) is 35.7. The minimum Gasteiger partial charge on any atom is -0.463 e. The Kier molecular flexibility index (Phi) is 30.1. The summed E-state index contributed by atoms with van der Waals surface area (Å²) in [6, 6.07) is 17.7. The Balaban J connectivity index is 0.00000990. The molecule has 0 radical (unpaired) electrons. The zero-order valence-electron chi connectivity index (χ0n) is 49.5. The van der Waals surface area contributed by atoms with Crippen molar-refractivity contribution in [3.63, 3.8) is 0 Å². The topological polar surface area (TPSA) is 373 Å². The van der Waals surface area contributed by atoms with Gasteiger partial charge in [-0.25, -0.2) is 9.98 Å². The lowest BCUT2D eigenvalue weighted by Gasteiger charge is -2.46. The van der Waals surface area contributed by atoms with Crippen molar-refractivity contribution < 1.29 is 114 Å². The van der Waals surface area contributed by atoms with Crippen LogP contribution in [0.1, 0.15) is 80.4 Å². The molecule has 3 aliphatic rings. The molecule has 2 aromatic rings. The molecule has 0 saturated carbocycles. The molecule has 5 rings (SSSR count). The highest BCUT2D eigenvalue weighted by Crippen LogP contribution is 2.32. The highest BCUT2D eigenvalue weighted by Gasteiger charge is 2.55. The first kappa shape index (κ1) is 73.4. The van der Waals surface area contributed by atoms with Crippen molar-refractivity contribution in [1.82, 2.24) is 21.3 Å². The number of hydrogen-bond donors (Lipinski definition) is 4. The molecule has 0 aromatic heterocycles. The lowest BCUT2D eigenvalue weighted by atomic mass is 9.96. The average Bonchev–Trinajstić information content (AvgIpc) is 2.00. The molecule has 0 amide bonds. The summed E-state index contributed by atoms with van der Waals surface area (Å²) >= 11 is 0. The van der Waals surface area contributed by atoms with Crippen LogP contribution in [-0.2, 0) is 127 Å². The fourth-order valence-corrected chi connectivity index (χ4v) is 9.21. The molecule has 30 nitrogen and oxygen atoms in total. The van der Waals surface area contributed by atoms with Crippen LogP contribution in [0.4, 0.5) is 0 Å². The van der Waals surface area contributed by atoms with Crippen LogP contribution in [0.15, 0.2) is 70.6 Å². The van der Waals surface area contributed by atoms with Crippen LogP contribution in [-0.4, -0.2) is 190 Å². The van der Waals surface area contributed by atoms with Crippen LogP contribution in [0, 0.1) is 0 Å². The van der Waals surface area contributed by atoms with Crippen molar-refractivity contribution in [1.29, 1.82) is 0 Å². The van der Waals surface area contributed by atoms with Gasteiger partial charge in [0, 0.05) is 89.4 Å². The number of hydrogen-bond acceptors (Lipinski definition) is 26. The summed E-state index contributed by atoms with van der Waals surface area (Å²) in [5.74, 6) is -8.84. The van der Waals surface area contributed by atoms with Gasteiger partial charge in [-0.2, -0.15) is 0 Å². The average molecular weight is 1270 g/mol. The number of nitrogens with zero attached hydrogens (tertiary/aromatic N) is 2. The minimum absolute atomic E-state index is 0. The predicted molar refractivity (Wildman–Crippen MR) is 302 cm³/mol. The first-order valence-electron chi connectivity index (χ1n) is 26.7. The number of methoxy groups -OCH3 is 1. The maximum absolute atomic E-state index is 13.1. The molecule has 87 heavy (non-hydrogen) atoms. The minimum atomic E-state index is -1.66. The second-order valence-electron chi connectivity index (χ2n) is 19.3. The Morgan fingerprint density at radius 2 is 0.690 bits per heavy atom. The van der Waals surface area contributed by atoms with Gasteiger partial charge >= 0.3 is 59.7 Å². The number of benzene rings is 2. The Hall–Kier alpha value is -7.90. The Morgan fingerprint density at radius 1 is 0.391 bits per heavy atom. The molecule has 482 valence electrons. The number of carbonyl (C=O) groups excluding carboxylic acids is 10. The van der Waals surface area contributed by atoms with Gasteiger partial charge in [0.15, 0.2) is 85.6 Å². The van der Waals surface area contributed by atoms with E-state index < -0.39 is 165 Å². The Labute approximate surface area is 513 Å². The van der Waals surface area contributed by atoms with Crippen LogP contribution in [0.5, 0.6) is 0 Å². The zero-order valence-corrected chi connectivity index (χ0v) is 51.1. The molecule has 0 aliphatic carbocycles. The van der Waals surface area contributed by atoms with Crippen molar-refractivity contribution >= 4 is 96.4 Å². The van der Waals surface area contributed by atoms with Gasteiger partial charge in [-0.1, -0.05) is 60.7 Å². The predicted octanol–water partition coefficient (Wildman–Crippen LogP) is 1.07. The van der Waals surface area contributed by atoms with Crippen LogP contribution < -0.4 is 21.3 Å². The van der Waals surface area contributed by atoms with Gasteiger partial charge in [0.25, 0.3) is 0 Å². The van der Waals surface area contributed by atoms with Crippen molar-refractivity contribution in [2.45, 2.75) is 174 Å². The highest BCUT2D eigenvalue weighted by atomic mass is 35.5. The summed E-state index contributed by atoms with van der Waals surface area (Å²) in [5.41, 5.74) is 1.37. The van der Waals surface area contributed by atoms with Crippen molar-refractivity contribution in [2.75, 3.05) is 26.8 Å². The summed E-state index contributed by atoms with van der Waals surface area (Å²) in [6.45, 7) is 9.37. The molecule has 0 bridgehead atoms. The molecule has 3 fully saturated rings. The van der Waals surface area contributed by atoms with E-state index in [4.69, 9.17) is 76.3 Å². The smallest absolute Gasteiger partial charge is 0.303 e. The quantitative estimate of drug-likeness (QED) is 0.0554. The van der Waals surface area contributed by atoms with Gasteiger partial charge in [-0.3, -0.25) is 47.9 Å². The molecule has 3 aliphatic heterocycles. The molecule has 0 unspecified atom stereocenters. The number of esters is 10. The number of rotatable bonds is 22. The van der Waals surface area contributed by atoms with E-state index >= 15 is 0 Å². The van der Waals surface area contributed by atoms with E-state index in [2.05, 4.69) is 21.3 Å². The van der Waals surface area contributed by atoms with Crippen molar-refractivity contribution in [2.24, 2.45) is 9.98 Å². The van der Waals surface area contributed by atoms with Crippen LogP contribution in [0.2, 0.25) is 0 Å². The molecule has 15 atom stereocenters. The van der Waals surface area contributed by atoms with E-state index in [1.54, 1.807) is 60.7 Å². The first-order chi connectivity index (χ1) is 40.3. The largest absolute Gasteiger partial charge is 0.463 e. The standard InChI is InChI=1S/C55H72N6O24.2ClH/c1-27(62)73-26-41-44(76-30(4)65)46(78-32(6)67)49(81-35(9)70)52(84-41)61-54(56-22-37-18-14-12-15-19-37)58-24-39-42(74-28(2)63)45(77-31(5)66)48(80-34(8)69)51(83-39)60-55(57-23-38-20-16-13-17-21-38)59-25-40-43(75-29(3)64)47(79-33(7)68)50(82-36(10)71)53(72-11)85-40;;/h12-21,39-53H,22-26H2,1-11H3,(H2,56,58,61)(H2,57,59,60);2*1H/t39-,40-,41-,42-,43-,44-,45+,46+,47+,48-,49-,50-,51-,52-,53+;;/m1../s1. The number of aliphatic imine (C=N–C) groups is 2. The maximum Gasteiger partial charge on any atom is 0.303 e. The van der Waals surface area contributed by atoms with Gasteiger partial charge in [0.2, 0.25) is 0 Å². The number of ether oxygens (including phenoxy) is 14. The highest BCUT2D eigenvalue weighted by molar-refractivity contribution is 5.86. The third-order valence-electron chi connectivity index (χ3n) is 12.3. The third kappa shape index (κ3) is 23.4. The summed E-state index contributed by atoms with van der Waals surface area (Å²) in [6.07, 6.45) is -22.6. The Bertz CT molecular complexity index is 2730. The van der Waals surface area contributed by atoms with E-state index in [0.717, 1.165) is 69.2 Å². The van der Waals surface area contributed by atoms with Crippen LogP contribution >= 0.6 is 24.8 Å². The van der Waals surface area contributed by atoms with Gasteiger partial charge in [0.1, 0.15) is 24.9 Å². The summed E-state index contributed by atoms with van der Waals surface area (Å²) in [5, 5.41) is 12.3. The molecular weight excluding hydrogens is 1200 g/mol. The van der Waals surface area contributed by atoms with Gasteiger partial charge in [-0.15, -0.1) is 24.8 Å². The molecule has 3 saturated heterocycles. The summed E-state index contributed by atoms with van der Waals surface area (Å²) in [4.78, 5) is 136. The molecule has 4 N–H and O–H groups in total. The van der Waals surface area contributed by atoms with Crippen LogP contribution in [0.25, 0.3) is 0 Å². The number of guanidine groups is 2. The molecule has 2 aromatic carbocycles. The molecule has 32 heteroatoms. The Morgan fingerprint density at radius 3 is 1.03 bits per heavy atom. The maximum atomic E-state index is 13.1. The number of carbonyl (C=O) groups is 10. The fourth-order valence-electron chi connectivity index (χ4n) is 9.21. The van der Waals surface area contributed by atoms with E-state index in [1.165, 1.54) is 7.11 Å². The van der Waals surface area contributed by atoms with Gasteiger partial charge in [0.05, 0.1) is 13.1 Å². The van der Waals surface area contributed by atoms with Gasteiger partial charge in [-0.05, 0) is 11.1 Å². The fraction of sp³-hybridized carbons (Fsp3) is 0.564. The normalized spacial score (nSPS) is 26.8. The number of nitrogens with one attached hydrogen (secondary N) is 4. The van der Waals surface area contributed by atoms with E-state index in [0.29, 0.717) is 11.1 Å². The molecular formula is C55H74Cl2N6O24. The summed E-state index contributed by atoms with van der Waals surface area (Å²) in [7, 11) is 1.24. The third-order valence-corrected chi connectivity index (χ3v) is 12.3. The monoisotopic (exact) mass is 1270 g/mol. The van der Waals surface area contributed by atoms with Crippen molar-refractivity contribution in [3.05, 3.63) is 71.8 Å². The second-order valence-corrected chi connectivity index (χ2v) is 19.3. The SMILES string of the molecule is CO[C@H]1O[C@H](CNC(=NCc2ccccc2)N[C@@H]2O[C@H](CNC(=NCc3ccccc3)N[C@@H]3O[C@H](COC(C)=O)[C@@H](OC(C)=O)[C@H](OC(C)=O)[C@H]3OC(C)=O)[C@@H](OC(C)=O)[C@H](OC(C)=O)[C@H]2OC(C)=O)[C@@H](OC(C)=O)[C@H](OC(C)=O)[C@H]1OC(C)=O.Cl.Cl. The van der Waals surface area contributed by atoms with E-state index in [1.807, 2.05) is 0 Å². The number of halogens is 2. The lowest BCUT2D eigenvalue weighted by molar-refractivity contribution is -0.296. The first-order valence-corrected chi connectivity index (χ1v) is 26.7. The lowest BCUT2D eigenvalue weighted by Crippen LogP contribution is -2.69. The van der Waals surface area contributed by atoms with Crippen LogP contribution in [0.3, 0.4) is 0 Å². The van der Waals surface area contributed by atoms with Crippen molar-refractivity contribution in [3.8, 4) is 0 Å². The molecule has 0 spiro atoms.